The van der Waals surface area contributed by atoms with Crippen LogP contribution in [0.3, 0.4) is 0 Å². The molecule has 26 heavy (non-hydrogen) atoms. The summed E-state index contributed by atoms with van der Waals surface area (Å²) in [4.78, 5) is 11.0. The van der Waals surface area contributed by atoms with Gasteiger partial charge in [-0.05, 0) is 64.7 Å². The summed E-state index contributed by atoms with van der Waals surface area (Å²) in [7, 11) is 0. The third-order valence-corrected chi connectivity index (χ3v) is 7.16. The van der Waals surface area contributed by atoms with Crippen molar-refractivity contribution in [2.24, 2.45) is 0 Å². The molecule has 4 saturated heterocycles. The van der Waals surface area contributed by atoms with Gasteiger partial charge in [0.2, 0.25) is 0 Å². The molecule has 0 aromatic rings. The Morgan fingerprint density at radius 2 is 1.12 bits per heavy atom. The minimum atomic E-state index is 0.788. The first-order valence-corrected chi connectivity index (χ1v) is 11.4. The molecule has 4 aliphatic heterocycles. The van der Waals surface area contributed by atoms with E-state index in [1.54, 1.807) is 0 Å². The van der Waals surface area contributed by atoms with Crippen LogP contribution in [0.15, 0.2) is 0 Å². The van der Waals surface area contributed by atoms with Crippen LogP contribution in [0.2, 0.25) is 0 Å². The van der Waals surface area contributed by atoms with E-state index in [2.05, 4.69) is 19.6 Å². The summed E-state index contributed by atoms with van der Waals surface area (Å²) in [5, 5.41) is 0. The largest absolute Gasteiger partial charge is 0.379 e. The van der Waals surface area contributed by atoms with Gasteiger partial charge in [-0.1, -0.05) is 6.42 Å². The summed E-state index contributed by atoms with van der Waals surface area (Å²) in [6.07, 6.45) is 9.92. The topological polar surface area (TPSA) is 22.2 Å². The SMILES string of the molecule is C1CCN(CC2CCCN2CCN2CCCC2CN2CCOCC2)CC1. The Morgan fingerprint density at radius 1 is 0.577 bits per heavy atom. The maximum atomic E-state index is 5.51. The van der Waals surface area contributed by atoms with Gasteiger partial charge >= 0.3 is 0 Å². The van der Waals surface area contributed by atoms with Crippen LogP contribution in [0.25, 0.3) is 0 Å². The summed E-state index contributed by atoms with van der Waals surface area (Å²) < 4.78 is 5.51. The number of morpholine rings is 1. The van der Waals surface area contributed by atoms with Crippen molar-refractivity contribution < 1.29 is 4.74 Å². The number of hydrogen-bond acceptors (Lipinski definition) is 5. The summed E-state index contributed by atoms with van der Waals surface area (Å²) in [5.41, 5.74) is 0. The van der Waals surface area contributed by atoms with E-state index in [4.69, 9.17) is 4.74 Å². The predicted octanol–water partition coefficient (Wildman–Crippen LogP) is 1.73. The van der Waals surface area contributed by atoms with Crippen LogP contribution < -0.4 is 0 Å². The van der Waals surface area contributed by atoms with E-state index in [-0.39, 0.29) is 0 Å². The zero-order chi connectivity index (χ0) is 17.6. The molecule has 0 N–H and O–H groups in total. The first-order chi connectivity index (χ1) is 12.9. The van der Waals surface area contributed by atoms with Crippen LogP contribution in [0.4, 0.5) is 0 Å². The van der Waals surface area contributed by atoms with E-state index < -0.39 is 0 Å². The Bertz CT molecular complexity index is 371. The molecule has 0 radical (unpaired) electrons. The van der Waals surface area contributed by atoms with Crippen LogP contribution in [0.1, 0.15) is 44.9 Å². The first-order valence-electron chi connectivity index (χ1n) is 11.4. The van der Waals surface area contributed by atoms with Gasteiger partial charge in [-0.2, -0.15) is 0 Å². The highest BCUT2D eigenvalue weighted by atomic mass is 16.5. The fourth-order valence-corrected chi connectivity index (χ4v) is 5.57. The van der Waals surface area contributed by atoms with E-state index in [0.717, 1.165) is 38.4 Å². The molecule has 0 saturated carbocycles. The number of likely N-dealkylation sites (tertiary alicyclic amines) is 3. The number of piperidine rings is 1. The van der Waals surface area contributed by atoms with Crippen LogP contribution >= 0.6 is 0 Å². The van der Waals surface area contributed by atoms with Gasteiger partial charge in [0.15, 0.2) is 0 Å². The van der Waals surface area contributed by atoms with Crippen molar-refractivity contribution in [3.05, 3.63) is 0 Å². The molecule has 0 bridgehead atoms. The molecule has 4 heterocycles. The summed E-state index contributed by atoms with van der Waals surface area (Å²) in [5.74, 6) is 0. The van der Waals surface area contributed by atoms with Crippen molar-refractivity contribution in [3.63, 3.8) is 0 Å². The number of hydrogen-bond donors (Lipinski definition) is 0. The van der Waals surface area contributed by atoms with E-state index in [0.29, 0.717) is 0 Å². The van der Waals surface area contributed by atoms with Crippen LogP contribution in [-0.4, -0.2) is 110 Å². The van der Waals surface area contributed by atoms with Crippen molar-refractivity contribution in [2.45, 2.75) is 57.0 Å². The molecule has 2 atom stereocenters. The Morgan fingerprint density at radius 3 is 1.69 bits per heavy atom. The monoisotopic (exact) mass is 364 g/mol. The van der Waals surface area contributed by atoms with Gasteiger partial charge in [-0.25, -0.2) is 0 Å². The number of ether oxygens (including phenoxy) is 1. The fourth-order valence-electron chi connectivity index (χ4n) is 5.57. The Balaban J connectivity index is 1.21. The Kier molecular flexibility index (Phi) is 7.23. The van der Waals surface area contributed by atoms with E-state index >= 15 is 0 Å². The van der Waals surface area contributed by atoms with Crippen LogP contribution in [-0.2, 0) is 4.74 Å². The molecule has 5 nitrogen and oxygen atoms in total. The molecule has 4 fully saturated rings. The van der Waals surface area contributed by atoms with Crippen molar-refractivity contribution in [2.75, 3.05) is 78.7 Å². The smallest absolute Gasteiger partial charge is 0.0594 e. The van der Waals surface area contributed by atoms with E-state index in [9.17, 15) is 0 Å². The quantitative estimate of drug-likeness (QED) is 0.684. The third kappa shape index (κ3) is 5.20. The molecular formula is C21H40N4O. The molecule has 0 aliphatic carbocycles. The molecule has 150 valence electrons. The maximum Gasteiger partial charge on any atom is 0.0594 e. The second kappa shape index (κ2) is 9.83. The molecule has 5 heteroatoms. The second-order valence-electron chi connectivity index (χ2n) is 8.94. The average molecular weight is 365 g/mol. The molecule has 0 spiro atoms. The van der Waals surface area contributed by atoms with Crippen LogP contribution in [0.5, 0.6) is 0 Å². The molecule has 2 unspecified atom stereocenters. The van der Waals surface area contributed by atoms with Gasteiger partial charge in [-0.15, -0.1) is 0 Å². The first kappa shape index (κ1) is 19.1. The highest BCUT2D eigenvalue weighted by Gasteiger charge is 2.30. The zero-order valence-corrected chi connectivity index (χ0v) is 16.8. The lowest BCUT2D eigenvalue weighted by Crippen LogP contribution is -2.48. The lowest BCUT2D eigenvalue weighted by Gasteiger charge is -2.35. The summed E-state index contributed by atoms with van der Waals surface area (Å²) in [6.45, 7) is 14.6. The molecule has 0 aromatic carbocycles. The van der Waals surface area contributed by atoms with Crippen molar-refractivity contribution >= 4 is 0 Å². The minimum absolute atomic E-state index is 0.788. The fraction of sp³-hybridized carbons (Fsp3) is 1.00. The molecule has 0 aromatic heterocycles. The average Bonchev–Trinajstić information content (AvgIpc) is 3.31. The molecule has 4 aliphatic rings. The van der Waals surface area contributed by atoms with E-state index in [1.807, 2.05) is 0 Å². The number of nitrogens with zero attached hydrogens (tertiary/aromatic N) is 4. The van der Waals surface area contributed by atoms with Crippen LogP contribution in [0, 0.1) is 0 Å². The Hall–Kier alpha value is -0.200. The lowest BCUT2D eigenvalue weighted by atomic mass is 10.1. The van der Waals surface area contributed by atoms with Gasteiger partial charge in [0.05, 0.1) is 13.2 Å². The van der Waals surface area contributed by atoms with Crippen molar-refractivity contribution in [3.8, 4) is 0 Å². The van der Waals surface area contributed by atoms with Gasteiger partial charge < -0.3 is 9.64 Å². The van der Waals surface area contributed by atoms with Gasteiger partial charge in [0, 0.05) is 51.4 Å². The molecule has 4 rings (SSSR count). The predicted molar refractivity (Wildman–Crippen MR) is 107 cm³/mol. The zero-order valence-electron chi connectivity index (χ0n) is 16.8. The Labute approximate surface area is 160 Å². The van der Waals surface area contributed by atoms with Gasteiger partial charge in [0.1, 0.15) is 0 Å². The highest BCUT2D eigenvalue weighted by molar-refractivity contribution is 4.87. The molecular weight excluding hydrogens is 324 g/mol. The standard InChI is InChI=1S/C21H40N4O/c1-2-8-22(9-3-1)18-20-6-4-10-24(20)12-13-25-11-5-7-21(25)19-23-14-16-26-17-15-23/h20-21H,1-19H2. The number of rotatable bonds is 7. The van der Waals surface area contributed by atoms with Gasteiger partial charge in [-0.3, -0.25) is 14.7 Å². The molecule has 0 amide bonds. The minimum Gasteiger partial charge on any atom is -0.379 e. The van der Waals surface area contributed by atoms with Crippen molar-refractivity contribution in [1.29, 1.82) is 0 Å². The maximum absolute atomic E-state index is 5.51. The van der Waals surface area contributed by atoms with Crippen molar-refractivity contribution in [1.82, 2.24) is 19.6 Å². The van der Waals surface area contributed by atoms with Gasteiger partial charge in [0.25, 0.3) is 0 Å². The second-order valence-corrected chi connectivity index (χ2v) is 8.94. The highest BCUT2D eigenvalue weighted by Crippen LogP contribution is 2.22. The lowest BCUT2D eigenvalue weighted by molar-refractivity contribution is 0.0258. The van der Waals surface area contributed by atoms with E-state index in [1.165, 1.54) is 97.3 Å². The summed E-state index contributed by atoms with van der Waals surface area (Å²) >= 11 is 0. The third-order valence-electron chi connectivity index (χ3n) is 7.16. The normalized spacial score (nSPS) is 33.2. The summed E-state index contributed by atoms with van der Waals surface area (Å²) in [6, 6.07) is 1.62.